The quantitative estimate of drug-likeness (QED) is 0.791. The molecule has 1 aromatic heterocycles. The molecule has 0 bridgehead atoms. The third-order valence-electron chi connectivity index (χ3n) is 2.33. The van der Waals surface area contributed by atoms with Gasteiger partial charge in [-0.2, -0.15) is 0 Å². The minimum atomic E-state index is -0.128. The molecule has 0 unspecified atom stereocenters. The van der Waals surface area contributed by atoms with Crippen molar-refractivity contribution in [1.29, 1.82) is 0 Å². The van der Waals surface area contributed by atoms with Crippen LogP contribution in [0.4, 0.5) is 5.82 Å². The lowest BCUT2D eigenvalue weighted by molar-refractivity contribution is -0.122. The van der Waals surface area contributed by atoms with Crippen molar-refractivity contribution in [1.82, 2.24) is 20.3 Å². The summed E-state index contributed by atoms with van der Waals surface area (Å²) >= 11 is 0. The molecule has 1 rings (SSSR count). The van der Waals surface area contributed by atoms with E-state index < -0.39 is 0 Å². The summed E-state index contributed by atoms with van der Waals surface area (Å²) in [4.78, 5) is 23.0. The van der Waals surface area contributed by atoms with Crippen LogP contribution in [0.25, 0.3) is 0 Å². The summed E-state index contributed by atoms with van der Waals surface area (Å²) < 4.78 is 1.39. The number of carbonyl (C=O) groups is 2. The number of hydrogen-bond donors (Lipinski definition) is 2. The predicted molar refractivity (Wildman–Crippen MR) is 71.3 cm³/mol. The molecular weight excluding hydrogens is 246 g/mol. The van der Waals surface area contributed by atoms with Crippen molar-refractivity contribution in [3.63, 3.8) is 0 Å². The van der Waals surface area contributed by atoms with Crippen LogP contribution in [0.15, 0.2) is 6.20 Å². The van der Waals surface area contributed by atoms with Crippen LogP contribution < -0.4 is 10.6 Å². The van der Waals surface area contributed by atoms with Crippen molar-refractivity contribution >= 4 is 17.6 Å². The molecule has 0 spiro atoms. The standard InChI is InChI=1S/C12H21N5O2/c1-8(2)5-13-11(18)7-17-6-10(15-16-17)14-12(19)9(3)4/h6,8-9H,5,7H2,1-4H3,(H,13,18)(H,14,19). The Morgan fingerprint density at radius 2 is 2.00 bits per heavy atom. The third kappa shape index (κ3) is 5.50. The van der Waals surface area contributed by atoms with E-state index >= 15 is 0 Å². The molecule has 0 saturated carbocycles. The molecule has 19 heavy (non-hydrogen) atoms. The molecule has 106 valence electrons. The van der Waals surface area contributed by atoms with Crippen LogP contribution in [-0.4, -0.2) is 33.4 Å². The van der Waals surface area contributed by atoms with E-state index in [1.807, 2.05) is 13.8 Å². The number of anilines is 1. The molecule has 0 saturated heterocycles. The minimum Gasteiger partial charge on any atom is -0.354 e. The molecule has 0 atom stereocenters. The van der Waals surface area contributed by atoms with E-state index in [0.29, 0.717) is 18.3 Å². The summed E-state index contributed by atoms with van der Waals surface area (Å²) in [6.45, 7) is 8.35. The zero-order valence-corrected chi connectivity index (χ0v) is 11.8. The lowest BCUT2D eigenvalue weighted by Gasteiger charge is -2.06. The van der Waals surface area contributed by atoms with Crippen molar-refractivity contribution < 1.29 is 9.59 Å². The Bertz CT molecular complexity index is 439. The molecular formula is C12H21N5O2. The third-order valence-corrected chi connectivity index (χ3v) is 2.33. The molecule has 0 aromatic carbocycles. The highest BCUT2D eigenvalue weighted by Crippen LogP contribution is 2.03. The van der Waals surface area contributed by atoms with Gasteiger partial charge in [-0.1, -0.05) is 32.9 Å². The Kier molecular flexibility index (Phi) is 5.47. The lowest BCUT2D eigenvalue weighted by Crippen LogP contribution is -2.30. The molecule has 2 amide bonds. The number of aromatic nitrogens is 3. The molecule has 7 nitrogen and oxygen atoms in total. The van der Waals surface area contributed by atoms with Crippen LogP contribution in [0.1, 0.15) is 27.7 Å². The van der Waals surface area contributed by atoms with Crippen LogP contribution in [-0.2, 0) is 16.1 Å². The highest BCUT2D eigenvalue weighted by atomic mass is 16.2. The molecule has 7 heteroatoms. The number of carbonyl (C=O) groups excluding carboxylic acids is 2. The SMILES string of the molecule is CC(C)CNC(=O)Cn1cc(NC(=O)C(C)C)nn1. The molecule has 0 aliphatic heterocycles. The fourth-order valence-corrected chi connectivity index (χ4v) is 1.22. The zero-order chi connectivity index (χ0) is 14.4. The van der Waals surface area contributed by atoms with Crippen LogP contribution in [0.3, 0.4) is 0 Å². The molecule has 2 N–H and O–H groups in total. The van der Waals surface area contributed by atoms with E-state index in [4.69, 9.17) is 0 Å². The Labute approximate surface area is 112 Å². The molecule has 0 radical (unpaired) electrons. The summed E-state index contributed by atoms with van der Waals surface area (Å²) in [5.41, 5.74) is 0. The van der Waals surface area contributed by atoms with Crippen LogP contribution in [0.2, 0.25) is 0 Å². The van der Waals surface area contributed by atoms with E-state index in [1.165, 1.54) is 10.9 Å². The Morgan fingerprint density at radius 3 is 2.58 bits per heavy atom. The molecule has 0 aliphatic rings. The Morgan fingerprint density at radius 1 is 1.32 bits per heavy atom. The van der Waals surface area contributed by atoms with Gasteiger partial charge in [0.05, 0.1) is 6.20 Å². The maximum Gasteiger partial charge on any atom is 0.241 e. The number of nitrogens with one attached hydrogen (secondary N) is 2. The predicted octanol–water partition coefficient (Wildman–Crippen LogP) is 0.645. The fourth-order valence-electron chi connectivity index (χ4n) is 1.22. The number of nitrogens with zero attached hydrogens (tertiary/aromatic N) is 3. The normalized spacial score (nSPS) is 10.8. The van der Waals surface area contributed by atoms with Crippen molar-refractivity contribution in [2.45, 2.75) is 34.2 Å². The second-order valence-corrected chi connectivity index (χ2v) is 5.14. The smallest absolute Gasteiger partial charge is 0.241 e. The van der Waals surface area contributed by atoms with Gasteiger partial charge >= 0.3 is 0 Å². The van der Waals surface area contributed by atoms with E-state index in [1.54, 1.807) is 13.8 Å². The largest absolute Gasteiger partial charge is 0.354 e. The second-order valence-electron chi connectivity index (χ2n) is 5.14. The van der Waals surface area contributed by atoms with Gasteiger partial charge in [0.1, 0.15) is 6.54 Å². The van der Waals surface area contributed by atoms with Gasteiger partial charge in [0.15, 0.2) is 5.82 Å². The van der Waals surface area contributed by atoms with Gasteiger partial charge in [-0.15, -0.1) is 5.10 Å². The van der Waals surface area contributed by atoms with Crippen molar-refractivity contribution in [2.75, 3.05) is 11.9 Å². The average molecular weight is 267 g/mol. The molecule has 1 heterocycles. The number of rotatable bonds is 6. The first-order valence-corrected chi connectivity index (χ1v) is 6.36. The van der Waals surface area contributed by atoms with E-state index in [0.717, 1.165) is 0 Å². The summed E-state index contributed by atoms with van der Waals surface area (Å²) in [5, 5.41) is 13.0. The highest BCUT2D eigenvalue weighted by Gasteiger charge is 2.11. The number of hydrogen-bond acceptors (Lipinski definition) is 4. The van der Waals surface area contributed by atoms with E-state index in [-0.39, 0.29) is 24.3 Å². The first-order chi connectivity index (χ1) is 8.88. The monoisotopic (exact) mass is 267 g/mol. The van der Waals surface area contributed by atoms with Crippen molar-refractivity contribution in [2.24, 2.45) is 11.8 Å². The van der Waals surface area contributed by atoms with Gasteiger partial charge in [-0.05, 0) is 5.92 Å². The first kappa shape index (κ1) is 15.1. The van der Waals surface area contributed by atoms with Gasteiger partial charge in [0.2, 0.25) is 11.8 Å². The first-order valence-electron chi connectivity index (χ1n) is 6.36. The van der Waals surface area contributed by atoms with Crippen LogP contribution in [0.5, 0.6) is 0 Å². The summed E-state index contributed by atoms with van der Waals surface area (Å²) in [6.07, 6.45) is 1.54. The summed E-state index contributed by atoms with van der Waals surface area (Å²) in [7, 11) is 0. The van der Waals surface area contributed by atoms with Gasteiger partial charge in [-0.3, -0.25) is 9.59 Å². The van der Waals surface area contributed by atoms with Crippen molar-refractivity contribution in [3.05, 3.63) is 6.20 Å². The minimum absolute atomic E-state index is 0.0945. The van der Waals surface area contributed by atoms with Crippen molar-refractivity contribution in [3.8, 4) is 0 Å². The van der Waals surface area contributed by atoms with E-state index in [2.05, 4.69) is 20.9 Å². The summed E-state index contributed by atoms with van der Waals surface area (Å²) in [6, 6.07) is 0. The zero-order valence-electron chi connectivity index (χ0n) is 11.8. The fraction of sp³-hybridized carbons (Fsp3) is 0.667. The Balaban J connectivity index is 2.46. The highest BCUT2D eigenvalue weighted by molar-refractivity contribution is 5.90. The van der Waals surface area contributed by atoms with E-state index in [9.17, 15) is 9.59 Å². The number of amides is 2. The molecule has 0 fully saturated rings. The van der Waals surface area contributed by atoms with Crippen LogP contribution >= 0.6 is 0 Å². The Hall–Kier alpha value is -1.92. The molecule has 1 aromatic rings. The topological polar surface area (TPSA) is 88.9 Å². The maximum atomic E-state index is 11.6. The average Bonchev–Trinajstić information content (AvgIpc) is 2.73. The maximum absolute atomic E-state index is 11.6. The lowest BCUT2D eigenvalue weighted by atomic mass is 10.2. The van der Waals surface area contributed by atoms with Gasteiger partial charge in [-0.25, -0.2) is 4.68 Å². The van der Waals surface area contributed by atoms with Gasteiger partial charge in [0.25, 0.3) is 0 Å². The molecule has 0 aliphatic carbocycles. The summed E-state index contributed by atoms with van der Waals surface area (Å²) in [5.74, 6) is 0.382. The van der Waals surface area contributed by atoms with Gasteiger partial charge in [0, 0.05) is 12.5 Å². The van der Waals surface area contributed by atoms with Gasteiger partial charge < -0.3 is 10.6 Å². The van der Waals surface area contributed by atoms with Crippen LogP contribution in [0, 0.1) is 11.8 Å². The second kappa shape index (κ2) is 6.86.